The Balaban J connectivity index is 1.60. The predicted octanol–water partition coefficient (Wildman–Crippen LogP) is 4.83. The first-order valence-corrected chi connectivity index (χ1v) is 9.01. The van der Waals surface area contributed by atoms with E-state index >= 15 is 0 Å². The van der Waals surface area contributed by atoms with E-state index in [1.54, 1.807) is 18.2 Å². The van der Waals surface area contributed by atoms with Crippen LogP contribution in [0.2, 0.25) is 10.0 Å². The van der Waals surface area contributed by atoms with Gasteiger partial charge in [-0.15, -0.1) is 0 Å². The van der Waals surface area contributed by atoms with E-state index in [1.165, 1.54) is 0 Å². The Kier molecular flexibility index (Phi) is 4.26. The predicted molar refractivity (Wildman–Crippen MR) is 98.1 cm³/mol. The van der Waals surface area contributed by atoms with Gasteiger partial charge in [0.2, 0.25) is 5.91 Å². The first-order chi connectivity index (χ1) is 12.1. The monoisotopic (exact) mass is 377 g/mol. The number of carbonyl (C=O) groups is 1. The van der Waals surface area contributed by atoms with Crippen molar-refractivity contribution >= 4 is 34.8 Å². The highest BCUT2D eigenvalue weighted by Crippen LogP contribution is 2.50. The molecule has 1 aliphatic carbocycles. The van der Waals surface area contributed by atoms with Crippen LogP contribution in [-0.2, 0) is 10.2 Å². The number of anilines is 1. The van der Waals surface area contributed by atoms with E-state index in [9.17, 15) is 4.79 Å². The Bertz CT molecular complexity index is 833. The minimum Gasteiger partial charge on any atom is -0.490 e. The first kappa shape index (κ1) is 16.6. The number of benzene rings is 2. The Labute approximate surface area is 156 Å². The van der Waals surface area contributed by atoms with Gasteiger partial charge in [0.15, 0.2) is 11.5 Å². The maximum Gasteiger partial charge on any atom is 0.235 e. The minimum absolute atomic E-state index is 0.0776. The molecule has 1 heterocycles. The van der Waals surface area contributed by atoms with Crippen LogP contribution in [0, 0.1) is 0 Å². The van der Waals surface area contributed by atoms with Crippen LogP contribution in [0.1, 0.15) is 24.8 Å². The van der Waals surface area contributed by atoms with Crippen LogP contribution in [0.4, 0.5) is 5.69 Å². The van der Waals surface area contributed by atoms with Gasteiger partial charge in [-0.05, 0) is 30.5 Å². The van der Waals surface area contributed by atoms with Gasteiger partial charge in [-0.2, -0.15) is 0 Å². The zero-order valence-corrected chi connectivity index (χ0v) is 15.0. The van der Waals surface area contributed by atoms with E-state index in [0.29, 0.717) is 40.4 Å². The molecule has 2 aromatic rings. The fourth-order valence-corrected chi connectivity index (χ4v) is 3.47. The van der Waals surface area contributed by atoms with Crippen molar-refractivity contribution in [3.05, 3.63) is 52.0 Å². The quantitative estimate of drug-likeness (QED) is 0.833. The highest BCUT2D eigenvalue weighted by atomic mass is 35.5. The third-order valence-corrected chi connectivity index (χ3v) is 5.20. The summed E-state index contributed by atoms with van der Waals surface area (Å²) in [6.45, 7) is 1.17. The third-order valence-electron chi connectivity index (χ3n) is 4.65. The molecule has 1 aliphatic heterocycles. The molecule has 0 aromatic heterocycles. The molecule has 0 unspecified atom stereocenters. The summed E-state index contributed by atoms with van der Waals surface area (Å²) in [5, 5.41) is 4.01. The van der Waals surface area contributed by atoms with E-state index in [4.69, 9.17) is 32.7 Å². The van der Waals surface area contributed by atoms with Crippen LogP contribution in [0.5, 0.6) is 11.5 Å². The summed E-state index contributed by atoms with van der Waals surface area (Å²) >= 11 is 12.4. The lowest BCUT2D eigenvalue weighted by Crippen LogP contribution is -2.28. The summed E-state index contributed by atoms with van der Waals surface area (Å²) in [5.74, 6) is 1.13. The van der Waals surface area contributed by atoms with Crippen molar-refractivity contribution in [1.29, 1.82) is 0 Å². The van der Waals surface area contributed by atoms with E-state index < -0.39 is 5.41 Å². The average Bonchev–Trinajstić information content (AvgIpc) is 3.40. The zero-order chi connectivity index (χ0) is 17.4. The number of carbonyl (C=O) groups excluding carboxylic acids is 1. The summed E-state index contributed by atoms with van der Waals surface area (Å²) in [6, 6.07) is 10.9. The van der Waals surface area contributed by atoms with Crippen molar-refractivity contribution in [3.8, 4) is 11.5 Å². The Hall–Kier alpha value is -1.91. The molecule has 2 aromatic carbocycles. The zero-order valence-electron chi connectivity index (χ0n) is 13.5. The Morgan fingerprint density at radius 2 is 1.76 bits per heavy atom. The van der Waals surface area contributed by atoms with Crippen LogP contribution >= 0.6 is 23.2 Å². The molecule has 1 fully saturated rings. The van der Waals surface area contributed by atoms with Crippen molar-refractivity contribution in [2.75, 3.05) is 18.5 Å². The lowest BCUT2D eigenvalue weighted by atomic mass is 9.95. The fraction of sp³-hybridized carbons (Fsp3) is 0.316. The summed E-state index contributed by atoms with van der Waals surface area (Å²) in [7, 11) is 0. The summed E-state index contributed by atoms with van der Waals surface area (Å²) in [4.78, 5) is 12.9. The van der Waals surface area contributed by atoms with Gasteiger partial charge in [-0.25, -0.2) is 0 Å². The van der Waals surface area contributed by atoms with E-state index in [1.807, 2.05) is 18.2 Å². The first-order valence-electron chi connectivity index (χ1n) is 8.25. The van der Waals surface area contributed by atoms with Gasteiger partial charge in [0.05, 0.1) is 29.3 Å². The number of amides is 1. The molecule has 0 radical (unpaired) electrons. The standard InChI is InChI=1S/C19H17Cl2NO3/c20-13-4-1-3-12(9-13)19(5-6-19)18(23)22-15-11-17-16(10-14(15)21)24-7-2-8-25-17/h1,3-4,9-11H,2,5-8H2,(H,22,23). The van der Waals surface area contributed by atoms with Crippen molar-refractivity contribution in [2.45, 2.75) is 24.7 Å². The van der Waals surface area contributed by atoms with Crippen molar-refractivity contribution in [1.82, 2.24) is 0 Å². The van der Waals surface area contributed by atoms with Crippen molar-refractivity contribution < 1.29 is 14.3 Å². The third kappa shape index (κ3) is 3.16. The van der Waals surface area contributed by atoms with Crippen LogP contribution in [-0.4, -0.2) is 19.1 Å². The molecule has 1 saturated carbocycles. The van der Waals surface area contributed by atoms with E-state index in [0.717, 1.165) is 24.8 Å². The second kappa shape index (κ2) is 6.43. The van der Waals surface area contributed by atoms with Crippen LogP contribution in [0.15, 0.2) is 36.4 Å². The van der Waals surface area contributed by atoms with Gasteiger partial charge < -0.3 is 14.8 Å². The van der Waals surface area contributed by atoms with Crippen LogP contribution < -0.4 is 14.8 Å². The summed E-state index contributed by atoms with van der Waals surface area (Å²) in [6.07, 6.45) is 2.40. The normalized spacial score (nSPS) is 17.5. The summed E-state index contributed by atoms with van der Waals surface area (Å²) in [5.41, 5.74) is 0.936. The highest BCUT2D eigenvalue weighted by Gasteiger charge is 2.51. The molecular formula is C19H17Cl2NO3. The maximum absolute atomic E-state index is 12.9. The molecule has 25 heavy (non-hydrogen) atoms. The molecule has 4 rings (SSSR count). The molecule has 2 aliphatic rings. The Morgan fingerprint density at radius 3 is 2.44 bits per heavy atom. The lowest BCUT2D eigenvalue weighted by Gasteiger charge is -2.18. The molecule has 1 amide bonds. The molecule has 6 heteroatoms. The minimum atomic E-state index is -0.529. The number of ether oxygens (including phenoxy) is 2. The molecule has 4 nitrogen and oxygen atoms in total. The average molecular weight is 378 g/mol. The highest BCUT2D eigenvalue weighted by molar-refractivity contribution is 6.34. The smallest absolute Gasteiger partial charge is 0.235 e. The van der Waals surface area contributed by atoms with E-state index in [2.05, 4.69) is 5.32 Å². The SMILES string of the molecule is O=C(Nc1cc2c(cc1Cl)OCCCO2)C1(c2cccc(Cl)c2)CC1. The van der Waals surface area contributed by atoms with Gasteiger partial charge in [0, 0.05) is 23.6 Å². The molecule has 0 bridgehead atoms. The molecule has 1 N–H and O–H groups in total. The van der Waals surface area contributed by atoms with Crippen molar-refractivity contribution in [2.24, 2.45) is 0 Å². The number of nitrogens with one attached hydrogen (secondary N) is 1. The molecule has 0 atom stereocenters. The molecule has 130 valence electrons. The topological polar surface area (TPSA) is 47.6 Å². The number of fused-ring (bicyclic) bond motifs is 1. The van der Waals surface area contributed by atoms with E-state index in [-0.39, 0.29) is 5.91 Å². The van der Waals surface area contributed by atoms with Gasteiger partial charge in [-0.1, -0.05) is 35.3 Å². The molecule has 0 spiro atoms. The van der Waals surface area contributed by atoms with Gasteiger partial charge in [-0.3, -0.25) is 4.79 Å². The maximum atomic E-state index is 12.9. The van der Waals surface area contributed by atoms with Crippen LogP contribution in [0.25, 0.3) is 0 Å². The largest absolute Gasteiger partial charge is 0.490 e. The number of halogens is 2. The second-order valence-corrected chi connectivity index (χ2v) is 7.22. The fourth-order valence-electron chi connectivity index (χ4n) is 3.08. The second-order valence-electron chi connectivity index (χ2n) is 6.38. The summed E-state index contributed by atoms with van der Waals surface area (Å²) < 4.78 is 11.3. The van der Waals surface area contributed by atoms with Crippen LogP contribution in [0.3, 0.4) is 0 Å². The number of rotatable bonds is 3. The Morgan fingerprint density at radius 1 is 1.04 bits per heavy atom. The van der Waals surface area contributed by atoms with Gasteiger partial charge in [0.1, 0.15) is 0 Å². The molecule has 0 saturated heterocycles. The van der Waals surface area contributed by atoms with Crippen molar-refractivity contribution in [3.63, 3.8) is 0 Å². The molecular weight excluding hydrogens is 361 g/mol. The number of hydrogen-bond acceptors (Lipinski definition) is 3. The lowest BCUT2D eigenvalue weighted by molar-refractivity contribution is -0.118. The number of hydrogen-bond donors (Lipinski definition) is 1. The van der Waals surface area contributed by atoms with Gasteiger partial charge >= 0.3 is 0 Å². The van der Waals surface area contributed by atoms with Gasteiger partial charge in [0.25, 0.3) is 0 Å².